The third kappa shape index (κ3) is 7.35. The van der Waals surface area contributed by atoms with Crippen molar-refractivity contribution in [1.29, 1.82) is 5.26 Å². The molecule has 1 atom stereocenters. The van der Waals surface area contributed by atoms with E-state index in [1.807, 2.05) is 5.32 Å². The first kappa shape index (κ1) is 31.3. The Hall–Kier alpha value is -3.91. The van der Waals surface area contributed by atoms with Gasteiger partial charge in [0, 0.05) is 5.56 Å². The predicted octanol–water partition coefficient (Wildman–Crippen LogP) is -0.871. The number of allylic oxidation sites excluding steroid dienone is 1. The second kappa shape index (κ2) is 11.1. The first-order chi connectivity index (χ1) is 17.7. The summed E-state index contributed by atoms with van der Waals surface area (Å²) in [5, 5.41) is 72.3. The van der Waals surface area contributed by atoms with Crippen molar-refractivity contribution in [2.75, 3.05) is 5.73 Å². The van der Waals surface area contributed by atoms with Crippen molar-refractivity contribution >= 4 is 17.6 Å². The molecule has 0 spiro atoms. The highest BCUT2D eigenvalue weighted by Gasteiger charge is 2.51. The van der Waals surface area contributed by atoms with Gasteiger partial charge in [-0.3, -0.25) is 14.9 Å². The van der Waals surface area contributed by atoms with E-state index in [0.29, 0.717) is 5.56 Å². The summed E-state index contributed by atoms with van der Waals surface area (Å²) in [7, 11) is 0. The lowest BCUT2D eigenvalue weighted by Crippen LogP contribution is -2.53. The number of aromatic nitrogens is 2. The summed E-state index contributed by atoms with van der Waals surface area (Å²) in [6.07, 6.45) is 0.0922. The third-order valence-electron chi connectivity index (χ3n) is 5.55. The van der Waals surface area contributed by atoms with Gasteiger partial charge in [-0.05, 0) is 24.3 Å². The van der Waals surface area contributed by atoms with Crippen LogP contribution in [0.3, 0.4) is 0 Å². The second-order valence-corrected chi connectivity index (χ2v) is 10.2. The van der Waals surface area contributed by atoms with Crippen LogP contribution in [0.1, 0.15) is 57.2 Å². The zero-order valence-corrected chi connectivity index (χ0v) is 21.5. The van der Waals surface area contributed by atoms with Crippen molar-refractivity contribution in [3.63, 3.8) is 0 Å². The first-order valence-electron chi connectivity index (χ1n) is 11.4. The average molecular weight is 551 g/mol. The number of nitrogens with zero attached hydrogens (tertiary/aromatic N) is 3. The van der Waals surface area contributed by atoms with Gasteiger partial charge in [-0.2, -0.15) is 14.8 Å². The highest BCUT2D eigenvalue weighted by molar-refractivity contribution is 6.05. The molecule has 0 fully saturated rings. The molecule has 0 aliphatic carbocycles. The molecule has 0 saturated heterocycles. The molecule has 1 unspecified atom stereocenters. The van der Waals surface area contributed by atoms with Crippen molar-refractivity contribution in [2.24, 2.45) is 11.1 Å². The van der Waals surface area contributed by atoms with Crippen molar-refractivity contribution in [1.82, 2.24) is 15.1 Å². The minimum absolute atomic E-state index is 0.0922. The predicted molar refractivity (Wildman–Crippen MR) is 133 cm³/mol. The van der Waals surface area contributed by atoms with Crippen LogP contribution >= 0.6 is 0 Å². The molecule has 0 bridgehead atoms. The molecule has 39 heavy (non-hydrogen) atoms. The normalized spacial score (nSPS) is 14.0. The molecule has 11 N–H and O–H groups in total. The van der Waals surface area contributed by atoms with E-state index in [-0.39, 0.29) is 39.0 Å². The van der Waals surface area contributed by atoms with Gasteiger partial charge in [-0.1, -0.05) is 45.0 Å². The Labute approximate surface area is 222 Å². The van der Waals surface area contributed by atoms with Gasteiger partial charge < -0.3 is 42.1 Å². The van der Waals surface area contributed by atoms with Crippen molar-refractivity contribution in [3.8, 4) is 17.3 Å². The minimum Gasteiger partial charge on any atom is -0.400 e. The molecule has 1 heterocycles. The molecule has 2 rings (SSSR count). The van der Waals surface area contributed by atoms with Crippen LogP contribution in [-0.2, 0) is 9.59 Å². The molecular formula is C24H31FN6O8. The van der Waals surface area contributed by atoms with Gasteiger partial charge in [-0.15, -0.1) is 0 Å². The van der Waals surface area contributed by atoms with Crippen LogP contribution in [0.4, 0.5) is 10.2 Å². The van der Waals surface area contributed by atoms with Crippen molar-refractivity contribution < 1.29 is 44.6 Å². The Balaban J connectivity index is 2.34. The monoisotopic (exact) mass is 550 g/mol. The quantitative estimate of drug-likeness (QED) is 0.143. The van der Waals surface area contributed by atoms with Gasteiger partial charge in [0.2, 0.25) is 17.8 Å². The maximum atomic E-state index is 14.3. The number of nitrogens with two attached hydrogens (primary N) is 2. The number of nitrogen functional groups attached to an aromatic ring is 1. The summed E-state index contributed by atoms with van der Waals surface area (Å²) >= 11 is 0. The molecule has 0 aliphatic rings. The van der Waals surface area contributed by atoms with Crippen molar-refractivity contribution in [3.05, 3.63) is 46.9 Å². The zero-order valence-electron chi connectivity index (χ0n) is 21.5. The largest absolute Gasteiger partial charge is 0.400 e. The highest BCUT2D eigenvalue weighted by Crippen LogP contribution is 2.35. The van der Waals surface area contributed by atoms with Crippen LogP contribution in [0.5, 0.6) is 0 Å². The lowest BCUT2D eigenvalue weighted by molar-refractivity contribution is -0.431. The smallest absolute Gasteiger partial charge is 0.307 e. The van der Waals surface area contributed by atoms with E-state index in [9.17, 15) is 49.9 Å². The summed E-state index contributed by atoms with van der Waals surface area (Å²) in [6, 6.07) is 4.53. The van der Waals surface area contributed by atoms with Gasteiger partial charge in [0.15, 0.2) is 0 Å². The fourth-order valence-corrected chi connectivity index (χ4v) is 3.70. The molecule has 2 aromatic rings. The number of carbonyl (C=O) groups is 2. The standard InChI is InChI=1S/C24H31FN6O8/c1-11(19(32)29-20(33)16(25)15(27)9-22(2,3)4)12-5-7-13(8-6-12)17-14(10-26)18(28)31(30-17)21(23(34,35)36)24(37,38)39/h5-8,11,21,34-39H,9,27-28H2,1-4H3,(H,29,32,33). The zero-order chi connectivity index (χ0) is 30.1. The highest BCUT2D eigenvalue weighted by atomic mass is 19.1. The number of hydrogen-bond donors (Lipinski definition) is 9. The Morgan fingerprint density at radius 1 is 1.10 bits per heavy atom. The first-order valence-corrected chi connectivity index (χ1v) is 11.4. The Morgan fingerprint density at radius 3 is 2.05 bits per heavy atom. The number of nitriles is 1. The number of anilines is 1. The number of hydrogen-bond acceptors (Lipinski definition) is 12. The summed E-state index contributed by atoms with van der Waals surface area (Å²) in [4.78, 5) is 24.7. The van der Waals surface area contributed by atoms with E-state index < -0.39 is 47.4 Å². The van der Waals surface area contributed by atoms with Gasteiger partial charge in [0.05, 0.1) is 11.6 Å². The van der Waals surface area contributed by atoms with E-state index >= 15 is 0 Å². The Kier molecular flexibility index (Phi) is 8.88. The number of carbonyl (C=O) groups excluding carboxylic acids is 2. The van der Waals surface area contributed by atoms with E-state index in [1.165, 1.54) is 31.2 Å². The van der Waals surface area contributed by atoms with E-state index in [0.717, 1.165) is 0 Å². The summed E-state index contributed by atoms with van der Waals surface area (Å²) < 4.78 is 14.6. The number of halogens is 1. The average Bonchev–Trinajstić information content (AvgIpc) is 3.10. The van der Waals surface area contributed by atoms with E-state index in [2.05, 4.69) is 5.10 Å². The lowest BCUT2D eigenvalue weighted by atomic mass is 9.90. The number of benzene rings is 1. The van der Waals surface area contributed by atoms with Crippen LogP contribution < -0.4 is 16.8 Å². The molecule has 0 radical (unpaired) electrons. The number of aliphatic hydroxyl groups is 6. The topological polar surface area (TPSA) is 261 Å². The van der Waals surface area contributed by atoms with Crippen LogP contribution in [0.25, 0.3) is 11.3 Å². The summed E-state index contributed by atoms with van der Waals surface area (Å²) in [5.74, 6) is -12.8. The molecule has 1 aromatic carbocycles. The van der Waals surface area contributed by atoms with Crippen LogP contribution in [0.2, 0.25) is 0 Å². The summed E-state index contributed by atoms with van der Waals surface area (Å²) in [5.41, 5.74) is 10.7. The van der Waals surface area contributed by atoms with Crippen LogP contribution in [-0.4, -0.2) is 64.2 Å². The molecule has 2 amide bonds. The van der Waals surface area contributed by atoms with Crippen molar-refractivity contribution in [2.45, 2.75) is 58.0 Å². The molecule has 0 aliphatic heterocycles. The molecule has 212 valence electrons. The molecule has 1 aromatic heterocycles. The van der Waals surface area contributed by atoms with Gasteiger partial charge in [0.25, 0.3) is 5.91 Å². The SMILES string of the molecule is CC(C(=O)NC(=O)C(F)=C(N)CC(C)(C)C)c1ccc(-c2nn(C(C(O)(O)O)C(O)(O)O)c(N)c2C#N)cc1. The fourth-order valence-electron chi connectivity index (χ4n) is 3.70. The Morgan fingerprint density at radius 2 is 1.62 bits per heavy atom. The van der Waals surface area contributed by atoms with Gasteiger partial charge in [-0.25, -0.2) is 4.68 Å². The van der Waals surface area contributed by atoms with Crippen LogP contribution in [0.15, 0.2) is 35.8 Å². The maximum Gasteiger partial charge on any atom is 0.307 e. The Bertz CT molecular complexity index is 1300. The molecular weight excluding hydrogens is 519 g/mol. The van der Waals surface area contributed by atoms with E-state index in [1.54, 1.807) is 26.8 Å². The number of rotatable bonds is 8. The molecule has 0 saturated carbocycles. The fraction of sp³-hybridized carbons (Fsp3) is 0.417. The summed E-state index contributed by atoms with van der Waals surface area (Å²) in [6.45, 7) is 6.85. The third-order valence-corrected chi connectivity index (χ3v) is 5.55. The number of amides is 2. The van der Waals surface area contributed by atoms with Gasteiger partial charge in [0.1, 0.15) is 23.1 Å². The lowest BCUT2D eigenvalue weighted by Gasteiger charge is -2.32. The number of nitrogens with one attached hydrogen (secondary N) is 1. The van der Waals surface area contributed by atoms with E-state index in [4.69, 9.17) is 11.5 Å². The second-order valence-electron chi connectivity index (χ2n) is 10.2. The minimum atomic E-state index is -3.93. The molecule has 15 heteroatoms. The van der Waals surface area contributed by atoms with Gasteiger partial charge >= 0.3 is 11.9 Å². The number of imide groups is 1. The maximum absolute atomic E-state index is 14.3. The van der Waals surface area contributed by atoms with Crippen LogP contribution in [0, 0.1) is 16.7 Å². The molecule has 14 nitrogen and oxygen atoms in total.